The second-order valence-corrected chi connectivity index (χ2v) is 5.85. The van der Waals surface area contributed by atoms with E-state index in [0.29, 0.717) is 5.56 Å². The highest BCUT2D eigenvalue weighted by atomic mass is 19.1. The molecule has 2 aromatic rings. The number of nitrogens with two attached hydrogens (primary N) is 1. The largest absolute Gasteiger partial charge is 0.445 e. The second kappa shape index (κ2) is 9.86. The predicted molar refractivity (Wildman–Crippen MR) is 94.5 cm³/mol. The molecule has 2 aromatic carbocycles. The number of carbonyl (C=O) groups excluding carboxylic acids is 1. The summed E-state index contributed by atoms with van der Waals surface area (Å²) in [5.74, 6) is -0.621. The molecule has 2 unspecified atom stereocenters. The molecule has 0 spiro atoms. The predicted octanol–water partition coefficient (Wildman–Crippen LogP) is 2.00. The number of hydrogen-bond donors (Lipinski definition) is 4. The third kappa shape index (κ3) is 5.80. The van der Waals surface area contributed by atoms with E-state index in [1.807, 2.05) is 30.3 Å². The maximum absolute atomic E-state index is 13.8. The van der Waals surface area contributed by atoms with Crippen molar-refractivity contribution in [2.24, 2.45) is 5.73 Å². The van der Waals surface area contributed by atoms with Crippen molar-refractivity contribution >= 4 is 6.09 Å². The highest BCUT2D eigenvalue weighted by molar-refractivity contribution is 5.67. The fourth-order valence-corrected chi connectivity index (χ4v) is 2.41. The minimum absolute atomic E-state index is 0.0212. The van der Waals surface area contributed by atoms with Gasteiger partial charge in [0, 0.05) is 18.7 Å². The first kappa shape index (κ1) is 19.8. The van der Waals surface area contributed by atoms with Crippen LogP contribution in [0.3, 0.4) is 0 Å². The Balaban J connectivity index is 1.77. The minimum atomic E-state index is -1.41. The van der Waals surface area contributed by atoms with Crippen LogP contribution in [0.25, 0.3) is 0 Å². The molecule has 2 rings (SSSR count). The minimum Gasteiger partial charge on any atom is -0.445 e. The summed E-state index contributed by atoms with van der Waals surface area (Å²) in [6.07, 6.45) is -3.25. The summed E-state index contributed by atoms with van der Waals surface area (Å²) >= 11 is 0. The maximum atomic E-state index is 13.8. The van der Waals surface area contributed by atoms with E-state index < -0.39 is 24.1 Å². The van der Waals surface area contributed by atoms with Crippen molar-refractivity contribution in [1.82, 2.24) is 5.32 Å². The Hall–Kier alpha value is -2.48. The van der Waals surface area contributed by atoms with Gasteiger partial charge in [-0.2, -0.15) is 0 Å². The molecule has 0 aromatic heterocycles. The third-order valence-corrected chi connectivity index (χ3v) is 3.90. The van der Waals surface area contributed by atoms with E-state index in [1.165, 1.54) is 18.2 Å². The van der Waals surface area contributed by atoms with E-state index in [9.17, 15) is 19.4 Å². The number of amides is 1. The van der Waals surface area contributed by atoms with Crippen molar-refractivity contribution < 1.29 is 24.1 Å². The van der Waals surface area contributed by atoms with E-state index in [2.05, 4.69) is 5.32 Å². The number of alkyl carbamates (subject to hydrolysis) is 1. The lowest BCUT2D eigenvalue weighted by Gasteiger charge is -2.19. The molecule has 7 heteroatoms. The normalized spacial score (nSPS) is 13.1. The van der Waals surface area contributed by atoms with Gasteiger partial charge in [0.15, 0.2) is 0 Å². The van der Waals surface area contributed by atoms with E-state index in [0.717, 1.165) is 5.56 Å². The fourth-order valence-electron chi connectivity index (χ4n) is 2.41. The molecule has 0 fully saturated rings. The molecule has 0 saturated heterocycles. The van der Waals surface area contributed by atoms with Crippen LogP contribution in [0.2, 0.25) is 0 Å². The fraction of sp³-hybridized carbons (Fsp3) is 0.316. The van der Waals surface area contributed by atoms with Crippen molar-refractivity contribution in [3.63, 3.8) is 0 Å². The summed E-state index contributed by atoms with van der Waals surface area (Å²) in [5.41, 5.74) is 6.98. The molecule has 2 atom stereocenters. The number of hydrogen-bond acceptors (Lipinski definition) is 5. The highest BCUT2D eigenvalue weighted by Crippen LogP contribution is 2.23. The van der Waals surface area contributed by atoms with Crippen molar-refractivity contribution in [3.8, 4) is 0 Å². The Labute approximate surface area is 151 Å². The Morgan fingerprint density at radius 2 is 1.88 bits per heavy atom. The molecular formula is C19H23FN2O4. The quantitative estimate of drug-likeness (QED) is 0.575. The van der Waals surface area contributed by atoms with Gasteiger partial charge >= 0.3 is 6.09 Å². The van der Waals surface area contributed by atoms with Gasteiger partial charge in [-0.25, -0.2) is 9.18 Å². The third-order valence-electron chi connectivity index (χ3n) is 3.90. The van der Waals surface area contributed by atoms with E-state index in [-0.39, 0.29) is 31.7 Å². The van der Waals surface area contributed by atoms with Gasteiger partial charge < -0.3 is 26.0 Å². The van der Waals surface area contributed by atoms with Crippen LogP contribution in [-0.4, -0.2) is 29.0 Å². The van der Waals surface area contributed by atoms with Gasteiger partial charge in [0.05, 0.1) is 6.10 Å². The average molecular weight is 362 g/mol. The molecule has 0 bridgehead atoms. The van der Waals surface area contributed by atoms with Crippen LogP contribution in [0.5, 0.6) is 0 Å². The maximum Gasteiger partial charge on any atom is 0.407 e. The number of aliphatic hydroxyl groups is 2. The number of nitrogens with one attached hydrogen (secondary N) is 1. The molecule has 0 aliphatic rings. The summed E-state index contributed by atoms with van der Waals surface area (Å²) in [5, 5.41) is 22.7. The van der Waals surface area contributed by atoms with Crippen LogP contribution < -0.4 is 11.1 Å². The number of carbonyl (C=O) groups is 1. The summed E-state index contributed by atoms with van der Waals surface area (Å²) in [4.78, 5) is 11.6. The van der Waals surface area contributed by atoms with Crippen LogP contribution in [0.4, 0.5) is 9.18 Å². The average Bonchev–Trinajstić information content (AvgIpc) is 2.67. The van der Waals surface area contributed by atoms with Gasteiger partial charge in [0.2, 0.25) is 0 Å². The Bertz CT molecular complexity index is 712. The highest BCUT2D eigenvalue weighted by Gasteiger charge is 2.22. The summed E-state index contributed by atoms with van der Waals surface area (Å²) < 4.78 is 18.9. The number of rotatable bonds is 8. The summed E-state index contributed by atoms with van der Waals surface area (Å²) in [7, 11) is 0. The van der Waals surface area contributed by atoms with Gasteiger partial charge in [-0.05, 0) is 29.7 Å². The SMILES string of the molecule is NCc1ccc(F)c(C(O)C(O)CCNC(=O)OCc2ccccc2)c1. The van der Waals surface area contributed by atoms with E-state index in [4.69, 9.17) is 10.5 Å². The number of benzene rings is 2. The van der Waals surface area contributed by atoms with Crippen LogP contribution in [0.1, 0.15) is 29.2 Å². The molecule has 0 saturated carbocycles. The lowest BCUT2D eigenvalue weighted by atomic mass is 9.99. The molecular weight excluding hydrogens is 339 g/mol. The zero-order valence-corrected chi connectivity index (χ0v) is 14.3. The zero-order valence-electron chi connectivity index (χ0n) is 14.3. The molecule has 0 heterocycles. The van der Waals surface area contributed by atoms with Crippen molar-refractivity contribution in [1.29, 1.82) is 0 Å². The number of aliphatic hydroxyl groups excluding tert-OH is 2. The van der Waals surface area contributed by atoms with E-state index >= 15 is 0 Å². The number of ether oxygens (including phenoxy) is 1. The Kier molecular flexibility index (Phi) is 7.53. The number of halogens is 1. The van der Waals surface area contributed by atoms with Gasteiger partial charge in [-0.1, -0.05) is 36.4 Å². The van der Waals surface area contributed by atoms with Crippen molar-refractivity contribution in [3.05, 3.63) is 71.0 Å². The summed E-state index contributed by atoms with van der Waals surface area (Å²) in [6.45, 7) is 0.407. The van der Waals surface area contributed by atoms with E-state index in [1.54, 1.807) is 0 Å². The lowest BCUT2D eigenvalue weighted by Crippen LogP contribution is -2.30. The van der Waals surface area contributed by atoms with Gasteiger partial charge in [-0.3, -0.25) is 0 Å². The first-order valence-corrected chi connectivity index (χ1v) is 8.30. The zero-order chi connectivity index (χ0) is 18.9. The molecule has 5 N–H and O–H groups in total. The second-order valence-electron chi connectivity index (χ2n) is 5.85. The van der Waals surface area contributed by atoms with Crippen LogP contribution >= 0.6 is 0 Å². The smallest absolute Gasteiger partial charge is 0.407 e. The first-order chi connectivity index (χ1) is 12.5. The Morgan fingerprint density at radius 1 is 1.15 bits per heavy atom. The first-order valence-electron chi connectivity index (χ1n) is 8.30. The molecule has 0 aliphatic carbocycles. The molecule has 26 heavy (non-hydrogen) atoms. The van der Waals surface area contributed by atoms with Gasteiger partial charge in [0.1, 0.15) is 18.5 Å². The summed E-state index contributed by atoms with van der Waals surface area (Å²) in [6, 6.07) is 13.3. The monoisotopic (exact) mass is 362 g/mol. The van der Waals surface area contributed by atoms with Gasteiger partial charge in [-0.15, -0.1) is 0 Å². The molecule has 140 valence electrons. The molecule has 1 amide bonds. The van der Waals surface area contributed by atoms with Crippen molar-refractivity contribution in [2.45, 2.75) is 31.8 Å². The molecule has 0 aliphatic heterocycles. The molecule has 6 nitrogen and oxygen atoms in total. The lowest BCUT2D eigenvalue weighted by molar-refractivity contribution is 0.0116. The van der Waals surface area contributed by atoms with Crippen LogP contribution in [0.15, 0.2) is 48.5 Å². The van der Waals surface area contributed by atoms with Crippen LogP contribution in [0, 0.1) is 5.82 Å². The topological polar surface area (TPSA) is 105 Å². The van der Waals surface area contributed by atoms with Crippen molar-refractivity contribution in [2.75, 3.05) is 6.54 Å². The Morgan fingerprint density at radius 3 is 2.58 bits per heavy atom. The molecule has 0 radical (unpaired) electrons. The van der Waals surface area contributed by atoms with Crippen LogP contribution in [-0.2, 0) is 17.9 Å². The standard InChI is InChI=1S/C19H23FN2O4/c20-16-7-6-14(11-21)10-15(16)18(24)17(23)8-9-22-19(25)26-12-13-4-2-1-3-5-13/h1-7,10,17-18,23-24H,8-9,11-12,21H2,(H,22,25). The van der Waals surface area contributed by atoms with Gasteiger partial charge in [0.25, 0.3) is 0 Å².